The molecule has 20 heavy (non-hydrogen) atoms. The molecule has 0 aromatic heterocycles. The quantitative estimate of drug-likeness (QED) is 0.896. The summed E-state index contributed by atoms with van der Waals surface area (Å²) in [6, 6.07) is 6.60. The van der Waals surface area contributed by atoms with Gasteiger partial charge in [0.1, 0.15) is 0 Å². The number of hydrogen-bond acceptors (Lipinski definition) is 3. The van der Waals surface area contributed by atoms with Crippen molar-refractivity contribution in [3.05, 3.63) is 28.8 Å². The van der Waals surface area contributed by atoms with Crippen LogP contribution in [-0.2, 0) is 0 Å². The van der Waals surface area contributed by atoms with Crippen molar-refractivity contribution in [2.75, 3.05) is 25.5 Å². The molecule has 1 aliphatic heterocycles. The predicted molar refractivity (Wildman–Crippen MR) is 81.5 cm³/mol. The summed E-state index contributed by atoms with van der Waals surface area (Å²) in [6.45, 7) is 2.24. The van der Waals surface area contributed by atoms with Gasteiger partial charge in [-0.25, -0.2) is 0 Å². The van der Waals surface area contributed by atoms with E-state index in [4.69, 9.17) is 11.6 Å². The number of nitrogens with zero attached hydrogens (tertiary/aromatic N) is 1. The van der Waals surface area contributed by atoms with Crippen molar-refractivity contribution in [3.63, 3.8) is 0 Å². The molecular weight excluding hydrogens is 274 g/mol. The second-order valence-corrected chi connectivity index (χ2v) is 6.04. The Balaban J connectivity index is 1.68. The molecule has 1 aromatic carbocycles. The number of amides is 1. The van der Waals surface area contributed by atoms with E-state index < -0.39 is 0 Å². The molecule has 1 heterocycles. The highest BCUT2D eigenvalue weighted by Crippen LogP contribution is 2.31. The molecule has 0 spiro atoms. The zero-order valence-corrected chi connectivity index (χ0v) is 12.4. The molecule has 5 heteroatoms. The lowest BCUT2D eigenvalue weighted by atomic mass is 10.1. The summed E-state index contributed by atoms with van der Waals surface area (Å²) in [5.41, 5.74) is 1.49. The molecule has 1 amide bonds. The molecule has 0 bridgehead atoms. The summed E-state index contributed by atoms with van der Waals surface area (Å²) in [7, 11) is 1.63. The fourth-order valence-electron chi connectivity index (χ4n) is 2.82. The number of halogens is 1. The minimum atomic E-state index is -0.0873. The van der Waals surface area contributed by atoms with Crippen LogP contribution < -0.4 is 10.6 Å². The van der Waals surface area contributed by atoms with Gasteiger partial charge in [0.15, 0.2) is 0 Å². The van der Waals surface area contributed by atoms with Gasteiger partial charge in [0.2, 0.25) is 0 Å². The second kappa shape index (κ2) is 5.62. The Morgan fingerprint density at radius 2 is 2.15 bits per heavy atom. The van der Waals surface area contributed by atoms with E-state index >= 15 is 0 Å². The Bertz CT molecular complexity index is 516. The SMILES string of the molecule is CNC(=O)c1ccc(Cl)c(NC2CCN(C3CC3)C2)c1. The van der Waals surface area contributed by atoms with E-state index in [1.807, 2.05) is 6.07 Å². The molecule has 108 valence electrons. The fourth-order valence-corrected chi connectivity index (χ4v) is 2.99. The summed E-state index contributed by atoms with van der Waals surface area (Å²) in [6.07, 6.45) is 3.83. The highest BCUT2D eigenvalue weighted by atomic mass is 35.5. The number of carbonyl (C=O) groups is 1. The van der Waals surface area contributed by atoms with Crippen molar-refractivity contribution in [2.24, 2.45) is 0 Å². The average molecular weight is 294 g/mol. The number of rotatable bonds is 4. The van der Waals surface area contributed by atoms with Crippen molar-refractivity contribution < 1.29 is 4.79 Å². The van der Waals surface area contributed by atoms with Crippen LogP contribution in [0.25, 0.3) is 0 Å². The monoisotopic (exact) mass is 293 g/mol. The van der Waals surface area contributed by atoms with Gasteiger partial charge in [-0.15, -0.1) is 0 Å². The molecule has 2 fully saturated rings. The lowest BCUT2D eigenvalue weighted by Gasteiger charge is -2.18. The van der Waals surface area contributed by atoms with Crippen LogP contribution >= 0.6 is 11.6 Å². The molecule has 1 aromatic rings. The molecule has 2 N–H and O–H groups in total. The fraction of sp³-hybridized carbons (Fsp3) is 0.533. The first-order chi connectivity index (χ1) is 9.67. The van der Waals surface area contributed by atoms with Crippen LogP contribution in [0, 0.1) is 0 Å². The first-order valence-electron chi connectivity index (χ1n) is 7.19. The molecule has 4 nitrogen and oxygen atoms in total. The van der Waals surface area contributed by atoms with Crippen molar-refractivity contribution in [1.29, 1.82) is 0 Å². The second-order valence-electron chi connectivity index (χ2n) is 5.63. The van der Waals surface area contributed by atoms with Gasteiger partial charge in [-0.2, -0.15) is 0 Å². The van der Waals surface area contributed by atoms with Crippen LogP contribution in [0.4, 0.5) is 5.69 Å². The molecule has 1 unspecified atom stereocenters. The zero-order chi connectivity index (χ0) is 14.1. The lowest BCUT2D eigenvalue weighted by Crippen LogP contribution is -2.28. The maximum absolute atomic E-state index is 11.7. The molecular formula is C15H20ClN3O. The smallest absolute Gasteiger partial charge is 0.251 e. The van der Waals surface area contributed by atoms with Gasteiger partial charge in [-0.3, -0.25) is 9.69 Å². The van der Waals surface area contributed by atoms with Crippen molar-refractivity contribution >= 4 is 23.2 Å². The van der Waals surface area contributed by atoms with Crippen LogP contribution in [0.2, 0.25) is 5.02 Å². The maximum Gasteiger partial charge on any atom is 0.251 e. The minimum absolute atomic E-state index is 0.0873. The Morgan fingerprint density at radius 1 is 1.35 bits per heavy atom. The molecule has 1 aliphatic carbocycles. The summed E-state index contributed by atoms with van der Waals surface area (Å²) in [5, 5.41) is 6.79. The normalized spacial score (nSPS) is 22.8. The maximum atomic E-state index is 11.7. The van der Waals surface area contributed by atoms with Gasteiger partial charge in [-0.05, 0) is 37.5 Å². The molecule has 1 atom stereocenters. The van der Waals surface area contributed by atoms with E-state index in [-0.39, 0.29) is 5.91 Å². The Hall–Kier alpha value is -1.26. The number of carbonyl (C=O) groups excluding carboxylic acids is 1. The molecule has 0 radical (unpaired) electrons. The van der Waals surface area contributed by atoms with Crippen LogP contribution in [0.15, 0.2) is 18.2 Å². The molecule has 3 rings (SSSR count). The third-order valence-corrected chi connectivity index (χ3v) is 4.43. The largest absolute Gasteiger partial charge is 0.380 e. The van der Waals surface area contributed by atoms with Gasteiger partial charge in [0, 0.05) is 37.8 Å². The third kappa shape index (κ3) is 2.91. The standard InChI is InChI=1S/C15H20ClN3O/c1-17-15(20)10-2-5-13(16)14(8-10)18-11-6-7-19(9-11)12-3-4-12/h2,5,8,11-12,18H,3-4,6-7,9H2,1H3,(H,17,20). The van der Waals surface area contributed by atoms with E-state index in [1.165, 1.54) is 12.8 Å². The first kappa shape index (κ1) is 13.7. The Morgan fingerprint density at radius 3 is 2.85 bits per heavy atom. The molecule has 1 saturated heterocycles. The number of anilines is 1. The van der Waals surface area contributed by atoms with Gasteiger partial charge >= 0.3 is 0 Å². The Labute approximate surface area is 124 Å². The topological polar surface area (TPSA) is 44.4 Å². The van der Waals surface area contributed by atoms with Crippen molar-refractivity contribution in [2.45, 2.75) is 31.3 Å². The van der Waals surface area contributed by atoms with Gasteiger partial charge in [-0.1, -0.05) is 11.6 Å². The highest BCUT2D eigenvalue weighted by molar-refractivity contribution is 6.33. The van der Waals surface area contributed by atoms with E-state index in [0.29, 0.717) is 16.6 Å². The number of likely N-dealkylation sites (tertiary alicyclic amines) is 1. The summed E-state index contributed by atoms with van der Waals surface area (Å²) < 4.78 is 0. The van der Waals surface area contributed by atoms with Crippen LogP contribution in [-0.4, -0.2) is 43.0 Å². The number of hydrogen-bond donors (Lipinski definition) is 2. The average Bonchev–Trinajstić information content (AvgIpc) is 3.21. The summed E-state index contributed by atoms with van der Waals surface area (Å²) in [5.74, 6) is -0.0873. The summed E-state index contributed by atoms with van der Waals surface area (Å²) in [4.78, 5) is 14.2. The van der Waals surface area contributed by atoms with Gasteiger partial charge in [0.05, 0.1) is 10.7 Å². The van der Waals surface area contributed by atoms with Crippen LogP contribution in [0.1, 0.15) is 29.6 Å². The van der Waals surface area contributed by atoms with Gasteiger partial charge < -0.3 is 10.6 Å². The van der Waals surface area contributed by atoms with E-state index in [0.717, 1.165) is 31.2 Å². The van der Waals surface area contributed by atoms with E-state index in [1.54, 1.807) is 19.2 Å². The van der Waals surface area contributed by atoms with Crippen LogP contribution in [0.5, 0.6) is 0 Å². The van der Waals surface area contributed by atoms with Crippen LogP contribution in [0.3, 0.4) is 0 Å². The molecule has 1 saturated carbocycles. The van der Waals surface area contributed by atoms with Gasteiger partial charge in [0.25, 0.3) is 5.91 Å². The summed E-state index contributed by atoms with van der Waals surface area (Å²) >= 11 is 6.23. The highest BCUT2D eigenvalue weighted by Gasteiger charge is 2.34. The number of benzene rings is 1. The van der Waals surface area contributed by atoms with Crippen molar-refractivity contribution in [1.82, 2.24) is 10.2 Å². The lowest BCUT2D eigenvalue weighted by molar-refractivity contribution is 0.0963. The van der Waals surface area contributed by atoms with E-state index in [9.17, 15) is 4.79 Å². The zero-order valence-electron chi connectivity index (χ0n) is 11.7. The predicted octanol–water partition coefficient (Wildman–Crippen LogP) is 2.35. The van der Waals surface area contributed by atoms with Crippen molar-refractivity contribution in [3.8, 4) is 0 Å². The number of nitrogens with one attached hydrogen (secondary N) is 2. The third-order valence-electron chi connectivity index (χ3n) is 4.10. The minimum Gasteiger partial charge on any atom is -0.380 e. The van der Waals surface area contributed by atoms with E-state index in [2.05, 4.69) is 15.5 Å². The first-order valence-corrected chi connectivity index (χ1v) is 7.57. The molecule has 2 aliphatic rings. The Kier molecular flexibility index (Phi) is 3.85.